The van der Waals surface area contributed by atoms with Gasteiger partial charge in [0, 0.05) is 5.02 Å². The predicted molar refractivity (Wildman–Crippen MR) is 71.4 cm³/mol. The molecule has 1 unspecified atom stereocenters. The van der Waals surface area contributed by atoms with Crippen molar-refractivity contribution >= 4 is 23.2 Å². The van der Waals surface area contributed by atoms with Crippen molar-refractivity contribution in [3.8, 4) is 0 Å². The second-order valence-electron chi connectivity index (χ2n) is 4.88. The van der Waals surface area contributed by atoms with Gasteiger partial charge in [-0.25, -0.2) is 5.01 Å². The molecular weight excluding hydrogens is 248 g/mol. The number of nitrogens with zero attached hydrogens (tertiary/aromatic N) is 2. The van der Waals surface area contributed by atoms with Gasteiger partial charge in [0.1, 0.15) is 0 Å². The SMILES string of the molecule is O=C1C2CCCCC2=NN1Cc1ccccc1Cl. The lowest BCUT2D eigenvalue weighted by Crippen LogP contribution is -2.28. The van der Waals surface area contributed by atoms with Gasteiger partial charge >= 0.3 is 0 Å². The van der Waals surface area contributed by atoms with Crippen LogP contribution in [0.3, 0.4) is 0 Å². The minimum absolute atomic E-state index is 0.0428. The van der Waals surface area contributed by atoms with Gasteiger partial charge < -0.3 is 0 Å². The highest BCUT2D eigenvalue weighted by Gasteiger charge is 2.36. The Hall–Kier alpha value is -1.35. The van der Waals surface area contributed by atoms with E-state index in [4.69, 9.17) is 11.6 Å². The molecule has 0 N–H and O–H groups in total. The van der Waals surface area contributed by atoms with E-state index in [0.29, 0.717) is 11.6 Å². The molecule has 0 saturated heterocycles. The van der Waals surface area contributed by atoms with Crippen molar-refractivity contribution in [1.82, 2.24) is 5.01 Å². The second-order valence-corrected chi connectivity index (χ2v) is 5.28. The van der Waals surface area contributed by atoms with Crippen molar-refractivity contribution in [2.75, 3.05) is 0 Å². The van der Waals surface area contributed by atoms with Crippen LogP contribution in [0.4, 0.5) is 0 Å². The van der Waals surface area contributed by atoms with E-state index < -0.39 is 0 Å². The monoisotopic (exact) mass is 262 g/mol. The normalized spacial score (nSPS) is 22.9. The number of carbonyl (C=O) groups is 1. The van der Waals surface area contributed by atoms with E-state index in [-0.39, 0.29) is 11.8 Å². The number of hydrogen-bond donors (Lipinski definition) is 0. The largest absolute Gasteiger partial charge is 0.272 e. The van der Waals surface area contributed by atoms with Crippen molar-refractivity contribution in [3.63, 3.8) is 0 Å². The summed E-state index contributed by atoms with van der Waals surface area (Å²) in [5.74, 6) is 0.186. The molecule has 3 rings (SSSR count). The van der Waals surface area contributed by atoms with E-state index in [1.54, 1.807) is 5.01 Å². The van der Waals surface area contributed by atoms with Crippen LogP contribution in [0.5, 0.6) is 0 Å². The molecule has 1 aromatic rings. The Labute approximate surface area is 111 Å². The smallest absolute Gasteiger partial charge is 0.251 e. The second kappa shape index (κ2) is 4.73. The number of hydrazone groups is 1. The van der Waals surface area contributed by atoms with Gasteiger partial charge in [-0.1, -0.05) is 36.2 Å². The fraction of sp³-hybridized carbons (Fsp3) is 0.429. The van der Waals surface area contributed by atoms with E-state index in [0.717, 1.165) is 37.0 Å². The van der Waals surface area contributed by atoms with E-state index in [2.05, 4.69) is 5.10 Å². The number of fused-ring (bicyclic) bond motifs is 1. The molecule has 1 amide bonds. The maximum absolute atomic E-state index is 12.2. The highest BCUT2D eigenvalue weighted by Crippen LogP contribution is 2.30. The first-order valence-electron chi connectivity index (χ1n) is 6.38. The van der Waals surface area contributed by atoms with Crippen LogP contribution in [0.2, 0.25) is 5.02 Å². The van der Waals surface area contributed by atoms with Gasteiger partial charge in [-0.2, -0.15) is 5.10 Å². The molecule has 2 aliphatic rings. The number of hydrogen-bond acceptors (Lipinski definition) is 2. The number of carbonyl (C=O) groups excluding carboxylic acids is 1. The molecule has 0 radical (unpaired) electrons. The lowest BCUT2D eigenvalue weighted by atomic mass is 9.87. The Bertz CT molecular complexity index is 512. The number of benzene rings is 1. The van der Waals surface area contributed by atoms with Gasteiger partial charge in [-0.3, -0.25) is 4.79 Å². The van der Waals surface area contributed by atoms with Crippen molar-refractivity contribution in [1.29, 1.82) is 0 Å². The first kappa shape index (κ1) is 11.7. The van der Waals surface area contributed by atoms with E-state index in [1.165, 1.54) is 0 Å². The summed E-state index contributed by atoms with van der Waals surface area (Å²) in [6.07, 6.45) is 4.21. The molecule has 4 heteroatoms. The zero-order valence-corrected chi connectivity index (χ0v) is 10.9. The molecule has 94 valence electrons. The summed E-state index contributed by atoms with van der Waals surface area (Å²) >= 11 is 6.12. The minimum Gasteiger partial charge on any atom is -0.272 e. The third-order valence-corrected chi connectivity index (χ3v) is 4.03. The third-order valence-electron chi connectivity index (χ3n) is 3.66. The predicted octanol–water partition coefficient (Wildman–Crippen LogP) is 3.23. The van der Waals surface area contributed by atoms with Crippen LogP contribution in [0.15, 0.2) is 29.4 Å². The Balaban J connectivity index is 1.80. The zero-order chi connectivity index (χ0) is 12.5. The Morgan fingerprint density at radius 1 is 1.33 bits per heavy atom. The van der Waals surface area contributed by atoms with Crippen LogP contribution in [-0.4, -0.2) is 16.6 Å². The van der Waals surface area contributed by atoms with Gasteiger partial charge in [0.25, 0.3) is 5.91 Å². The molecule has 1 aromatic carbocycles. The van der Waals surface area contributed by atoms with Gasteiger partial charge in [0.05, 0.1) is 18.2 Å². The van der Waals surface area contributed by atoms with Crippen LogP contribution in [0.1, 0.15) is 31.2 Å². The molecule has 1 aliphatic carbocycles. The van der Waals surface area contributed by atoms with Gasteiger partial charge in [-0.05, 0) is 30.9 Å². The van der Waals surface area contributed by atoms with Crippen LogP contribution in [-0.2, 0) is 11.3 Å². The summed E-state index contributed by atoms with van der Waals surface area (Å²) in [6, 6.07) is 7.61. The van der Waals surface area contributed by atoms with Crippen molar-refractivity contribution in [2.45, 2.75) is 32.2 Å². The summed E-state index contributed by atoms with van der Waals surface area (Å²) in [7, 11) is 0. The highest BCUT2D eigenvalue weighted by atomic mass is 35.5. The first-order chi connectivity index (χ1) is 8.75. The molecule has 18 heavy (non-hydrogen) atoms. The maximum Gasteiger partial charge on any atom is 0.251 e. The maximum atomic E-state index is 12.2. The Kier molecular flexibility index (Phi) is 3.08. The Morgan fingerprint density at radius 3 is 2.94 bits per heavy atom. The van der Waals surface area contributed by atoms with E-state index >= 15 is 0 Å². The summed E-state index contributed by atoms with van der Waals surface area (Å²) in [5, 5.41) is 6.75. The molecule has 1 fully saturated rings. The van der Waals surface area contributed by atoms with Crippen LogP contribution in [0, 0.1) is 5.92 Å². The summed E-state index contributed by atoms with van der Waals surface area (Å²) in [6.45, 7) is 0.485. The summed E-state index contributed by atoms with van der Waals surface area (Å²) in [4.78, 5) is 12.2. The van der Waals surface area contributed by atoms with E-state index in [1.807, 2.05) is 24.3 Å². The number of rotatable bonds is 2. The number of halogens is 1. The molecule has 0 bridgehead atoms. The molecule has 0 aromatic heterocycles. The van der Waals surface area contributed by atoms with Gasteiger partial charge in [0.2, 0.25) is 0 Å². The highest BCUT2D eigenvalue weighted by molar-refractivity contribution is 6.31. The topological polar surface area (TPSA) is 32.7 Å². The van der Waals surface area contributed by atoms with Crippen LogP contribution >= 0.6 is 11.6 Å². The number of amides is 1. The molecule has 3 nitrogen and oxygen atoms in total. The lowest BCUT2D eigenvalue weighted by Gasteiger charge is -2.17. The average molecular weight is 263 g/mol. The fourth-order valence-corrected chi connectivity index (χ4v) is 2.86. The van der Waals surface area contributed by atoms with Crippen LogP contribution < -0.4 is 0 Å². The van der Waals surface area contributed by atoms with E-state index in [9.17, 15) is 4.79 Å². The zero-order valence-electron chi connectivity index (χ0n) is 10.1. The van der Waals surface area contributed by atoms with Gasteiger partial charge in [0.15, 0.2) is 0 Å². The quantitative estimate of drug-likeness (QED) is 0.805. The summed E-state index contributed by atoms with van der Waals surface area (Å²) < 4.78 is 0. The molecular formula is C14H15ClN2O. The molecule has 1 saturated carbocycles. The summed E-state index contributed by atoms with van der Waals surface area (Å²) in [5.41, 5.74) is 2.02. The molecule has 0 spiro atoms. The van der Waals surface area contributed by atoms with Crippen molar-refractivity contribution < 1.29 is 4.79 Å². The van der Waals surface area contributed by atoms with Crippen molar-refractivity contribution in [3.05, 3.63) is 34.9 Å². The van der Waals surface area contributed by atoms with Crippen LogP contribution in [0.25, 0.3) is 0 Å². The average Bonchev–Trinajstić information content (AvgIpc) is 2.70. The standard InChI is InChI=1S/C14H15ClN2O/c15-12-7-3-1-5-10(12)9-17-14(18)11-6-2-4-8-13(11)16-17/h1,3,5,7,11H,2,4,6,8-9H2. The van der Waals surface area contributed by atoms with Gasteiger partial charge in [-0.15, -0.1) is 0 Å². The third kappa shape index (κ3) is 2.03. The fourth-order valence-electron chi connectivity index (χ4n) is 2.67. The lowest BCUT2D eigenvalue weighted by molar-refractivity contribution is -0.132. The minimum atomic E-state index is 0.0428. The Morgan fingerprint density at radius 2 is 2.17 bits per heavy atom. The molecule has 1 aliphatic heterocycles. The van der Waals surface area contributed by atoms with Crippen molar-refractivity contribution in [2.24, 2.45) is 11.0 Å². The molecule has 1 heterocycles. The molecule has 1 atom stereocenters. The first-order valence-corrected chi connectivity index (χ1v) is 6.75.